The van der Waals surface area contributed by atoms with E-state index >= 15 is 0 Å². The third kappa shape index (κ3) is 3.24. The SMILES string of the molecule is COC(=O)c1cc(Sc2nc(C)cc(C)n2)ncc1N. The van der Waals surface area contributed by atoms with Crippen LogP contribution in [-0.2, 0) is 4.74 Å². The summed E-state index contributed by atoms with van der Waals surface area (Å²) in [7, 11) is 1.31. The van der Waals surface area contributed by atoms with Crippen LogP contribution in [0.5, 0.6) is 0 Å². The van der Waals surface area contributed by atoms with Crippen molar-refractivity contribution in [2.45, 2.75) is 24.0 Å². The second-order valence-corrected chi connectivity index (χ2v) is 5.12. The Kier molecular flexibility index (Phi) is 4.19. The van der Waals surface area contributed by atoms with Crippen molar-refractivity contribution < 1.29 is 9.53 Å². The van der Waals surface area contributed by atoms with E-state index in [1.54, 1.807) is 6.07 Å². The van der Waals surface area contributed by atoms with E-state index in [1.165, 1.54) is 25.1 Å². The van der Waals surface area contributed by atoms with E-state index < -0.39 is 5.97 Å². The molecule has 0 radical (unpaired) electrons. The molecule has 0 bridgehead atoms. The van der Waals surface area contributed by atoms with Crippen molar-refractivity contribution in [1.29, 1.82) is 0 Å². The molecule has 0 spiro atoms. The van der Waals surface area contributed by atoms with Crippen LogP contribution in [0.25, 0.3) is 0 Å². The van der Waals surface area contributed by atoms with E-state index in [4.69, 9.17) is 5.73 Å². The zero-order valence-electron chi connectivity index (χ0n) is 11.4. The van der Waals surface area contributed by atoms with Crippen LogP contribution in [-0.4, -0.2) is 28.0 Å². The molecule has 0 aromatic carbocycles. The van der Waals surface area contributed by atoms with E-state index in [2.05, 4.69) is 19.7 Å². The fraction of sp³-hybridized carbons (Fsp3) is 0.231. The third-order valence-electron chi connectivity index (χ3n) is 2.47. The van der Waals surface area contributed by atoms with Crippen LogP contribution in [0, 0.1) is 13.8 Å². The highest BCUT2D eigenvalue weighted by Crippen LogP contribution is 2.26. The topological polar surface area (TPSA) is 91.0 Å². The lowest BCUT2D eigenvalue weighted by Crippen LogP contribution is -2.06. The first-order chi connectivity index (χ1) is 9.49. The van der Waals surface area contributed by atoms with Gasteiger partial charge in [0.2, 0.25) is 0 Å². The summed E-state index contributed by atoms with van der Waals surface area (Å²) in [5, 5.41) is 1.17. The van der Waals surface area contributed by atoms with E-state index in [9.17, 15) is 4.79 Å². The summed E-state index contributed by atoms with van der Waals surface area (Å²) in [5.41, 5.74) is 8.03. The predicted octanol–water partition coefficient (Wildman–Crippen LogP) is 2.01. The van der Waals surface area contributed by atoms with Gasteiger partial charge in [-0.1, -0.05) is 0 Å². The highest BCUT2D eigenvalue weighted by Gasteiger charge is 2.13. The average Bonchev–Trinajstić information content (AvgIpc) is 2.39. The van der Waals surface area contributed by atoms with Gasteiger partial charge in [-0.2, -0.15) is 0 Å². The van der Waals surface area contributed by atoms with Gasteiger partial charge in [0.25, 0.3) is 0 Å². The Morgan fingerprint density at radius 1 is 1.25 bits per heavy atom. The number of ether oxygens (including phenoxy) is 1. The molecule has 0 atom stereocenters. The van der Waals surface area contributed by atoms with Gasteiger partial charge in [0.1, 0.15) is 5.03 Å². The fourth-order valence-corrected chi connectivity index (χ4v) is 2.47. The molecule has 0 aliphatic carbocycles. The molecule has 0 saturated carbocycles. The van der Waals surface area contributed by atoms with E-state index in [1.807, 2.05) is 19.9 Å². The molecule has 2 N–H and O–H groups in total. The Morgan fingerprint density at radius 2 is 1.90 bits per heavy atom. The van der Waals surface area contributed by atoms with Crippen molar-refractivity contribution in [2.75, 3.05) is 12.8 Å². The Labute approximate surface area is 120 Å². The number of anilines is 1. The number of nitrogens with two attached hydrogens (primary N) is 1. The number of nitrogen functional groups attached to an aromatic ring is 1. The first-order valence-electron chi connectivity index (χ1n) is 5.83. The number of methoxy groups -OCH3 is 1. The lowest BCUT2D eigenvalue weighted by Gasteiger charge is -2.06. The maximum absolute atomic E-state index is 11.6. The van der Waals surface area contributed by atoms with Gasteiger partial charge >= 0.3 is 5.97 Å². The van der Waals surface area contributed by atoms with Gasteiger partial charge in [-0.15, -0.1) is 0 Å². The lowest BCUT2D eigenvalue weighted by atomic mass is 10.2. The van der Waals surface area contributed by atoms with Gasteiger partial charge in [0.15, 0.2) is 5.16 Å². The van der Waals surface area contributed by atoms with Crippen molar-refractivity contribution in [3.63, 3.8) is 0 Å². The number of carbonyl (C=O) groups is 1. The average molecular weight is 290 g/mol. The quantitative estimate of drug-likeness (QED) is 0.683. The summed E-state index contributed by atoms with van der Waals surface area (Å²) >= 11 is 1.27. The van der Waals surface area contributed by atoms with Crippen LogP contribution in [0.15, 0.2) is 28.5 Å². The Balaban J connectivity index is 2.32. The maximum atomic E-state index is 11.6. The molecule has 2 heterocycles. The summed E-state index contributed by atoms with van der Waals surface area (Å²) in [4.78, 5) is 24.4. The molecule has 2 aromatic heterocycles. The minimum atomic E-state index is -0.493. The monoisotopic (exact) mass is 290 g/mol. The second kappa shape index (κ2) is 5.87. The molecular weight excluding hydrogens is 276 g/mol. The van der Waals surface area contributed by atoms with Crippen LogP contribution >= 0.6 is 11.8 Å². The number of aryl methyl sites for hydroxylation is 2. The number of esters is 1. The molecule has 7 heteroatoms. The number of pyridine rings is 1. The smallest absolute Gasteiger partial charge is 0.340 e. The molecule has 0 aliphatic rings. The standard InChI is InChI=1S/C13H14N4O2S/c1-7-4-8(2)17-13(16-7)20-11-5-9(12(18)19-3)10(14)6-15-11/h4-6H,14H2,1-3H3. The lowest BCUT2D eigenvalue weighted by molar-refractivity contribution is 0.0601. The first kappa shape index (κ1) is 14.3. The Hall–Kier alpha value is -2.15. The highest BCUT2D eigenvalue weighted by molar-refractivity contribution is 7.99. The number of hydrogen-bond donors (Lipinski definition) is 1. The van der Waals surface area contributed by atoms with E-state index in [-0.39, 0.29) is 11.3 Å². The largest absolute Gasteiger partial charge is 0.465 e. The van der Waals surface area contributed by atoms with Crippen LogP contribution in [0.2, 0.25) is 0 Å². The van der Waals surface area contributed by atoms with Crippen LogP contribution in [0.4, 0.5) is 5.69 Å². The molecule has 0 fully saturated rings. The molecule has 0 amide bonds. The molecular formula is C13H14N4O2S. The number of nitrogens with zero attached hydrogens (tertiary/aromatic N) is 3. The van der Waals surface area contributed by atoms with Gasteiger partial charge in [0.05, 0.1) is 24.6 Å². The number of carbonyl (C=O) groups excluding carboxylic acids is 1. The van der Waals surface area contributed by atoms with Crippen molar-refractivity contribution in [3.8, 4) is 0 Å². The van der Waals surface area contributed by atoms with Gasteiger partial charge < -0.3 is 10.5 Å². The van der Waals surface area contributed by atoms with Crippen molar-refractivity contribution >= 4 is 23.4 Å². The normalized spacial score (nSPS) is 10.3. The zero-order valence-corrected chi connectivity index (χ0v) is 12.2. The van der Waals surface area contributed by atoms with Gasteiger partial charge in [-0.25, -0.2) is 19.7 Å². The number of aromatic nitrogens is 3. The maximum Gasteiger partial charge on any atom is 0.340 e. The second-order valence-electron chi connectivity index (χ2n) is 4.14. The highest BCUT2D eigenvalue weighted by atomic mass is 32.2. The van der Waals surface area contributed by atoms with Gasteiger partial charge in [0, 0.05) is 11.4 Å². The fourth-order valence-electron chi connectivity index (χ4n) is 1.62. The molecule has 2 rings (SSSR count). The van der Waals surface area contributed by atoms with E-state index in [0.29, 0.717) is 10.2 Å². The molecule has 6 nitrogen and oxygen atoms in total. The van der Waals surface area contributed by atoms with Crippen molar-refractivity contribution in [3.05, 3.63) is 35.3 Å². The van der Waals surface area contributed by atoms with E-state index in [0.717, 1.165) is 11.4 Å². The summed E-state index contributed by atoms with van der Waals surface area (Å²) in [6.07, 6.45) is 1.43. The first-order valence-corrected chi connectivity index (χ1v) is 6.65. The van der Waals surface area contributed by atoms with Gasteiger partial charge in [-0.05, 0) is 37.7 Å². The van der Waals surface area contributed by atoms with Crippen molar-refractivity contribution in [1.82, 2.24) is 15.0 Å². The zero-order chi connectivity index (χ0) is 14.7. The Bertz CT molecular complexity index is 641. The predicted molar refractivity (Wildman–Crippen MR) is 75.6 cm³/mol. The summed E-state index contributed by atoms with van der Waals surface area (Å²) in [6.45, 7) is 3.80. The van der Waals surface area contributed by atoms with Crippen molar-refractivity contribution in [2.24, 2.45) is 0 Å². The number of rotatable bonds is 3. The third-order valence-corrected chi connectivity index (χ3v) is 3.27. The summed E-state index contributed by atoms with van der Waals surface area (Å²) in [6, 6.07) is 3.47. The molecule has 20 heavy (non-hydrogen) atoms. The molecule has 104 valence electrons. The molecule has 0 aliphatic heterocycles. The number of hydrogen-bond acceptors (Lipinski definition) is 7. The molecule has 0 saturated heterocycles. The van der Waals surface area contributed by atoms with Crippen LogP contribution < -0.4 is 5.73 Å². The molecule has 0 unspecified atom stereocenters. The Morgan fingerprint density at radius 3 is 2.50 bits per heavy atom. The summed E-state index contributed by atoms with van der Waals surface area (Å²) < 4.78 is 4.67. The minimum Gasteiger partial charge on any atom is -0.465 e. The van der Waals surface area contributed by atoms with Crippen LogP contribution in [0.1, 0.15) is 21.7 Å². The summed E-state index contributed by atoms with van der Waals surface area (Å²) in [5.74, 6) is -0.493. The van der Waals surface area contributed by atoms with Crippen LogP contribution in [0.3, 0.4) is 0 Å². The molecule has 2 aromatic rings. The minimum absolute atomic E-state index is 0.280. The van der Waals surface area contributed by atoms with Gasteiger partial charge in [-0.3, -0.25) is 0 Å².